The van der Waals surface area contributed by atoms with Crippen LogP contribution >= 0.6 is 11.3 Å². The number of alkyl halides is 3. The summed E-state index contributed by atoms with van der Waals surface area (Å²) >= 11 is 1.17. The molecule has 0 fully saturated rings. The summed E-state index contributed by atoms with van der Waals surface area (Å²) in [4.78, 5) is 12.3. The second kappa shape index (κ2) is 6.93. The quantitative estimate of drug-likeness (QED) is 0.510. The summed E-state index contributed by atoms with van der Waals surface area (Å²) in [7, 11) is 0. The number of ketones is 1. The summed E-state index contributed by atoms with van der Waals surface area (Å²) in [6.45, 7) is 0. The summed E-state index contributed by atoms with van der Waals surface area (Å²) in [5.41, 5.74) is 2.38. The van der Waals surface area contributed by atoms with Gasteiger partial charge in [-0.3, -0.25) is 10.2 Å². The molecule has 0 aliphatic carbocycles. The predicted molar refractivity (Wildman–Crippen MR) is 78.4 cm³/mol. The van der Waals surface area contributed by atoms with Crippen LogP contribution < -0.4 is 10.2 Å². The van der Waals surface area contributed by atoms with Crippen molar-refractivity contribution in [1.82, 2.24) is 0 Å². The van der Waals surface area contributed by atoms with Crippen LogP contribution in [0, 0.1) is 11.3 Å². The first-order valence-electron chi connectivity index (χ1n) is 6.07. The maximum atomic E-state index is 12.0. The first kappa shape index (κ1) is 16.5. The van der Waals surface area contributed by atoms with Gasteiger partial charge < -0.3 is 4.74 Å². The molecule has 23 heavy (non-hydrogen) atoms. The van der Waals surface area contributed by atoms with Gasteiger partial charge in [0.25, 0.3) is 0 Å². The zero-order valence-corrected chi connectivity index (χ0v) is 12.1. The fraction of sp³-hybridized carbons (Fsp3) is 0.0714. The van der Waals surface area contributed by atoms with E-state index in [4.69, 9.17) is 5.26 Å². The Kier molecular flexibility index (Phi) is 4.98. The molecule has 9 heteroatoms. The topological polar surface area (TPSA) is 74.5 Å². The van der Waals surface area contributed by atoms with Crippen molar-refractivity contribution >= 4 is 28.5 Å². The van der Waals surface area contributed by atoms with Gasteiger partial charge in [0.15, 0.2) is 0 Å². The van der Waals surface area contributed by atoms with Crippen molar-refractivity contribution in [3.63, 3.8) is 0 Å². The fourth-order valence-electron chi connectivity index (χ4n) is 1.50. The Morgan fingerprint density at radius 1 is 1.26 bits per heavy atom. The van der Waals surface area contributed by atoms with E-state index >= 15 is 0 Å². The van der Waals surface area contributed by atoms with E-state index in [1.807, 2.05) is 0 Å². The monoisotopic (exact) mass is 339 g/mol. The van der Waals surface area contributed by atoms with E-state index in [9.17, 15) is 18.0 Å². The van der Waals surface area contributed by atoms with Crippen molar-refractivity contribution in [2.45, 2.75) is 6.36 Å². The van der Waals surface area contributed by atoms with Crippen LogP contribution in [-0.2, 0) is 0 Å². The highest BCUT2D eigenvalue weighted by molar-refractivity contribution is 7.13. The number of nitrogens with zero attached hydrogens (tertiary/aromatic N) is 2. The van der Waals surface area contributed by atoms with E-state index in [2.05, 4.69) is 15.3 Å². The van der Waals surface area contributed by atoms with Crippen molar-refractivity contribution in [2.24, 2.45) is 5.10 Å². The zero-order chi connectivity index (χ0) is 16.9. The highest BCUT2D eigenvalue weighted by atomic mass is 32.1. The number of halogens is 3. The first-order chi connectivity index (χ1) is 10.9. The SMILES string of the molecule is N#C/C(=N/Nc1ccc(OC(F)(F)F)cc1)C(=O)c1cccs1. The molecule has 0 aliphatic rings. The Morgan fingerprint density at radius 2 is 1.96 bits per heavy atom. The van der Waals surface area contributed by atoms with Crippen LogP contribution in [0.5, 0.6) is 5.75 Å². The van der Waals surface area contributed by atoms with Gasteiger partial charge in [0.2, 0.25) is 11.5 Å². The van der Waals surface area contributed by atoms with Gasteiger partial charge in [-0.25, -0.2) is 0 Å². The van der Waals surface area contributed by atoms with Crippen LogP contribution in [0.3, 0.4) is 0 Å². The Hall–Kier alpha value is -2.86. The number of nitrogens with one attached hydrogen (secondary N) is 1. The van der Waals surface area contributed by atoms with Crippen LogP contribution in [0.4, 0.5) is 18.9 Å². The summed E-state index contributed by atoms with van der Waals surface area (Å²) in [6.07, 6.45) is -4.77. The highest BCUT2D eigenvalue weighted by Crippen LogP contribution is 2.24. The second-order valence-corrected chi connectivity index (χ2v) is 5.01. The minimum atomic E-state index is -4.77. The number of hydrogen-bond acceptors (Lipinski definition) is 6. The van der Waals surface area contributed by atoms with E-state index in [1.54, 1.807) is 23.6 Å². The van der Waals surface area contributed by atoms with Crippen molar-refractivity contribution in [1.29, 1.82) is 5.26 Å². The third-order valence-electron chi connectivity index (χ3n) is 2.45. The number of thiophene rings is 1. The molecule has 1 aromatic carbocycles. The first-order valence-corrected chi connectivity index (χ1v) is 6.95. The molecule has 2 aromatic rings. The van der Waals surface area contributed by atoms with Crippen molar-refractivity contribution < 1.29 is 22.7 Å². The molecule has 1 aromatic heterocycles. The zero-order valence-electron chi connectivity index (χ0n) is 11.3. The maximum Gasteiger partial charge on any atom is 0.573 e. The van der Waals surface area contributed by atoms with Gasteiger partial charge in [-0.1, -0.05) is 6.07 Å². The van der Waals surface area contributed by atoms with Crippen LogP contribution in [0.1, 0.15) is 9.67 Å². The van der Waals surface area contributed by atoms with E-state index < -0.39 is 12.1 Å². The molecule has 1 N–H and O–H groups in total. The number of anilines is 1. The molecular formula is C14H8F3N3O2S. The molecular weight excluding hydrogens is 331 g/mol. The third-order valence-corrected chi connectivity index (χ3v) is 3.32. The van der Waals surface area contributed by atoms with E-state index in [0.29, 0.717) is 10.6 Å². The lowest BCUT2D eigenvalue weighted by Crippen LogP contribution is -2.17. The van der Waals surface area contributed by atoms with Gasteiger partial charge in [-0.15, -0.1) is 24.5 Å². The number of benzene rings is 1. The predicted octanol–water partition coefficient (Wildman–Crippen LogP) is 3.82. The number of nitriles is 1. The van der Waals surface area contributed by atoms with E-state index in [1.165, 1.54) is 23.5 Å². The minimum Gasteiger partial charge on any atom is -0.406 e. The number of rotatable bonds is 5. The van der Waals surface area contributed by atoms with E-state index in [-0.39, 0.29) is 11.5 Å². The van der Waals surface area contributed by atoms with Crippen molar-refractivity contribution in [3.8, 4) is 11.8 Å². The molecule has 5 nitrogen and oxygen atoms in total. The Bertz CT molecular complexity index is 747. The minimum absolute atomic E-state index is 0.297. The van der Waals surface area contributed by atoms with Gasteiger partial charge in [0.1, 0.15) is 11.8 Å². The average Bonchev–Trinajstić information content (AvgIpc) is 3.02. The molecule has 118 valence electrons. The molecule has 0 saturated carbocycles. The number of hydrazone groups is 1. The number of Topliss-reactive ketones (excluding diaryl/α,β-unsaturated/α-hetero) is 1. The molecule has 0 bridgehead atoms. The smallest absolute Gasteiger partial charge is 0.406 e. The average molecular weight is 339 g/mol. The molecule has 1 heterocycles. The largest absolute Gasteiger partial charge is 0.573 e. The van der Waals surface area contributed by atoms with Crippen molar-refractivity contribution in [2.75, 3.05) is 5.43 Å². The van der Waals surface area contributed by atoms with Crippen LogP contribution in [0.25, 0.3) is 0 Å². The number of hydrogen-bond donors (Lipinski definition) is 1. The third kappa shape index (κ3) is 4.82. The molecule has 2 rings (SSSR count). The number of ether oxygens (including phenoxy) is 1. The maximum absolute atomic E-state index is 12.0. The summed E-state index contributed by atoms with van der Waals surface area (Å²) in [6, 6.07) is 9.61. The fourth-order valence-corrected chi connectivity index (χ4v) is 2.17. The van der Waals surface area contributed by atoms with Gasteiger partial charge in [-0.2, -0.15) is 10.4 Å². The lowest BCUT2D eigenvalue weighted by molar-refractivity contribution is -0.274. The Morgan fingerprint density at radius 3 is 2.48 bits per heavy atom. The molecule has 0 radical (unpaired) electrons. The highest BCUT2D eigenvalue weighted by Gasteiger charge is 2.30. The normalized spacial score (nSPS) is 11.7. The van der Waals surface area contributed by atoms with Gasteiger partial charge in [0, 0.05) is 0 Å². The van der Waals surface area contributed by atoms with Crippen LogP contribution in [0.15, 0.2) is 46.9 Å². The van der Waals surface area contributed by atoms with Crippen molar-refractivity contribution in [3.05, 3.63) is 46.7 Å². The number of carbonyl (C=O) groups is 1. The lowest BCUT2D eigenvalue weighted by Gasteiger charge is -2.09. The molecule has 0 saturated heterocycles. The summed E-state index contributed by atoms with van der Waals surface area (Å²) in [5.74, 6) is -0.922. The van der Waals surface area contributed by atoms with E-state index in [0.717, 1.165) is 12.1 Å². The molecule has 0 amide bonds. The summed E-state index contributed by atoms with van der Waals surface area (Å²) < 4.78 is 39.8. The molecule has 0 unspecified atom stereocenters. The summed E-state index contributed by atoms with van der Waals surface area (Å²) in [5, 5.41) is 14.3. The van der Waals surface area contributed by atoms with Crippen LogP contribution in [0.2, 0.25) is 0 Å². The number of carbonyl (C=O) groups excluding carboxylic acids is 1. The molecule has 0 atom stereocenters. The van der Waals surface area contributed by atoms with Gasteiger partial charge >= 0.3 is 6.36 Å². The van der Waals surface area contributed by atoms with Crippen LogP contribution in [-0.4, -0.2) is 17.9 Å². The lowest BCUT2D eigenvalue weighted by atomic mass is 10.2. The Labute approximate surface area is 132 Å². The second-order valence-electron chi connectivity index (χ2n) is 4.06. The molecule has 0 spiro atoms. The van der Waals surface area contributed by atoms with Gasteiger partial charge in [-0.05, 0) is 35.7 Å². The van der Waals surface area contributed by atoms with Gasteiger partial charge in [0.05, 0.1) is 10.6 Å². The standard InChI is InChI=1S/C14H8F3N3O2S/c15-14(16,17)22-10-5-3-9(4-6-10)19-20-11(8-18)13(21)12-2-1-7-23-12/h1-7,19H/b20-11-. The molecule has 0 aliphatic heterocycles. The Balaban J connectivity index is 2.06.